The minimum atomic E-state index is -0.965. The first-order valence-electron chi connectivity index (χ1n) is 9.79. The predicted molar refractivity (Wildman–Crippen MR) is 103 cm³/mol. The van der Waals surface area contributed by atoms with Crippen molar-refractivity contribution in [3.63, 3.8) is 0 Å². The molecule has 4 rings (SSSR count). The van der Waals surface area contributed by atoms with Crippen LogP contribution in [0.5, 0.6) is 5.75 Å². The van der Waals surface area contributed by atoms with Crippen molar-refractivity contribution in [1.82, 2.24) is 9.80 Å². The summed E-state index contributed by atoms with van der Waals surface area (Å²) in [5.41, 5.74) is 0.732. The average molecular weight is 414 g/mol. The van der Waals surface area contributed by atoms with Crippen LogP contribution >= 0.6 is 0 Å². The summed E-state index contributed by atoms with van der Waals surface area (Å²) in [6.45, 7) is 0.945. The van der Waals surface area contributed by atoms with Gasteiger partial charge in [0.25, 0.3) is 11.8 Å². The number of carbonyl (C=O) groups excluding carboxylic acids is 3. The number of piperidine rings is 1. The number of hydrogen-bond donors (Lipinski definition) is 0. The normalized spacial score (nSPS) is 16.7. The molecule has 0 saturated carbocycles. The fourth-order valence-corrected chi connectivity index (χ4v) is 3.77. The van der Waals surface area contributed by atoms with E-state index in [1.54, 1.807) is 29.2 Å². The van der Waals surface area contributed by atoms with Crippen molar-refractivity contribution in [2.24, 2.45) is 0 Å². The third-order valence-electron chi connectivity index (χ3n) is 5.42. The van der Waals surface area contributed by atoms with E-state index in [0.717, 1.165) is 17.0 Å². The third kappa shape index (κ3) is 3.90. The van der Waals surface area contributed by atoms with Gasteiger partial charge in [0.2, 0.25) is 5.91 Å². The first-order valence-corrected chi connectivity index (χ1v) is 9.79. The molecular weight excluding hydrogens is 394 g/mol. The van der Waals surface area contributed by atoms with Gasteiger partial charge < -0.3 is 9.64 Å². The van der Waals surface area contributed by atoms with Crippen LogP contribution in [0.2, 0.25) is 0 Å². The molecule has 0 radical (unpaired) electrons. The van der Waals surface area contributed by atoms with Crippen molar-refractivity contribution in [2.45, 2.75) is 25.4 Å². The van der Waals surface area contributed by atoms with Gasteiger partial charge in [-0.2, -0.15) is 0 Å². The number of benzene rings is 2. The number of carbonyl (C=O) groups is 3. The predicted octanol–water partition coefficient (Wildman–Crippen LogP) is 3.02. The Balaban J connectivity index is 1.26. The summed E-state index contributed by atoms with van der Waals surface area (Å²) in [6, 6.07) is 10.0. The zero-order valence-electron chi connectivity index (χ0n) is 16.1. The minimum Gasteiger partial charge on any atom is -0.490 e. The molecule has 30 heavy (non-hydrogen) atoms. The molecule has 2 heterocycles. The van der Waals surface area contributed by atoms with Gasteiger partial charge in [-0.25, -0.2) is 8.78 Å². The molecule has 0 unspecified atom stereocenters. The van der Waals surface area contributed by atoms with Crippen molar-refractivity contribution < 1.29 is 27.9 Å². The lowest BCUT2D eigenvalue weighted by atomic mass is 10.1. The second-order valence-corrected chi connectivity index (χ2v) is 7.33. The molecule has 0 spiro atoms. The largest absolute Gasteiger partial charge is 0.490 e. The molecule has 1 fully saturated rings. The zero-order valence-corrected chi connectivity index (χ0v) is 16.1. The van der Waals surface area contributed by atoms with E-state index < -0.39 is 11.6 Å². The standard InChI is InChI=1S/C22H20F2N2O4/c23-18-6-5-15(13-19(18)24)30-14-7-10-25(11-8-14)20(27)9-12-26-21(28)16-3-1-2-4-17(16)22(26)29/h1-6,13-14H,7-12H2. The van der Waals surface area contributed by atoms with Gasteiger partial charge in [-0.15, -0.1) is 0 Å². The summed E-state index contributed by atoms with van der Waals surface area (Å²) in [6.07, 6.45) is 0.963. The van der Waals surface area contributed by atoms with Gasteiger partial charge in [-0.1, -0.05) is 12.1 Å². The Morgan fingerprint density at radius 2 is 1.60 bits per heavy atom. The molecule has 1 saturated heterocycles. The summed E-state index contributed by atoms with van der Waals surface area (Å²) in [4.78, 5) is 40.1. The third-order valence-corrected chi connectivity index (χ3v) is 5.42. The second kappa shape index (κ2) is 8.22. The lowest BCUT2D eigenvalue weighted by molar-refractivity contribution is -0.133. The van der Waals surface area contributed by atoms with E-state index in [-0.39, 0.29) is 42.5 Å². The average Bonchev–Trinajstić information content (AvgIpc) is 3.00. The minimum absolute atomic E-state index is 0.0382. The van der Waals surface area contributed by atoms with Gasteiger partial charge in [0, 0.05) is 45.0 Å². The van der Waals surface area contributed by atoms with E-state index in [2.05, 4.69) is 0 Å². The molecule has 2 aliphatic rings. The Labute approximate surface area is 172 Å². The molecule has 0 atom stereocenters. The van der Waals surface area contributed by atoms with Crippen molar-refractivity contribution in [3.8, 4) is 5.75 Å². The first-order chi connectivity index (χ1) is 14.4. The Morgan fingerprint density at radius 3 is 2.20 bits per heavy atom. The van der Waals surface area contributed by atoms with Gasteiger partial charge in [0.1, 0.15) is 11.9 Å². The van der Waals surface area contributed by atoms with Crippen LogP contribution in [0, 0.1) is 11.6 Å². The van der Waals surface area contributed by atoms with Crippen molar-refractivity contribution in [2.75, 3.05) is 19.6 Å². The molecular formula is C22H20F2N2O4. The molecule has 2 aliphatic heterocycles. The summed E-state index contributed by atoms with van der Waals surface area (Å²) in [5.74, 6) is -2.53. The monoisotopic (exact) mass is 414 g/mol. The van der Waals surface area contributed by atoms with Crippen LogP contribution in [0.25, 0.3) is 0 Å². The van der Waals surface area contributed by atoms with Gasteiger partial charge in [-0.05, 0) is 24.3 Å². The van der Waals surface area contributed by atoms with Gasteiger partial charge >= 0.3 is 0 Å². The lowest BCUT2D eigenvalue weighted by Gasteiger charge is -2.32. The molecule has 0 aromatic heterocycles. The molecule has 0 aliphatic carbocycles. The van der Waals surface area contributed by atoms with Crippen LogP contribution in [-0.2, 0) is 4.79 Å². The molecule has 156 valence electrons. The number of fused-ring (bicyclic) bond motifs is 1. The summed E-state index contributed by atoms with van der Waals surface area (Å²) >= 11 is 0. The van der Waals surface area contributed by atoms with Crippen LogP contribution in [-0.4, -0.2) is 53.3 Å². The van der Waals surface area contributed by atoms with Crippen molar-refractivity contribution >= 4 is 17.7 Å². The second-order valence-electron chi connectivity index (χ2n) is 7.33. The Hall–Kier alpha value is -3.29. The highest BCUT2D eigenvalue weighted by Crippen LogP contribution is 2.24. The van der Waals surface area contributed by atoms with Crippen LogP contribution in [0.1, 0.15) is 40.0 Å². The lowest BCUT2D eigenvalue weighted by Crippen LogP contribution is -2.43. The highest BCUT2D eigenvalue weighted by atomic mass is 19.2. The number of likely N-dealkylation sites (tertiary alicyclic amines) is 1. The van der Waals surface area contributed by atoms with Crippen molar-refractivity contribution in [3.05, 3.63) is 65.2 Å². The van der Waals surface area contributed by atoms with Crippen LogP contribution in [0.3, 0.4) is 0 Å². The van der Waals surface area contributed by atoms with Gasteiger partial charge in [0.05, 0.1) is 11.1 Å². The molecule has 0 N–H and O–H groups in total. The van der Waals surface area contributed by atoms with E-state index in [4.69, 9.17) is 4.74 Å². The number of imide groups is 1. The maximum absolute atomic E-state index is 13.3. The highest BCUT2D eigenvalue weighted by molar-refractivity contribution is 6.21. The van der Waals surface area contributed by atoms with Gasteiger partial charge in [-0.3, -0.25) is 19.3 Å². The molecule has 0 bridgehead atoms. The number of halogens is 2. The molecule has 6 nitrogen and oxygen atoms in total. The maximum Gasteiger partial charge on any atom is 0.261 e. The molecule has 2 aromatic carbocycles. The first kappa shape index (κ1) is 20.0. The van der Waals surface area contributed by atoms with E-state index in [0.29, 0.717) is 37.1 Å². The maximum atomic E-state index is 13.3. The van der Waals surface area contributed by atoms with Gasteiger partial charge in [0.15, 0.2) is 11.6 Å². The molecule has 3 amide bonds. The fourth-order valence-electron chi connectivity index (χ4n) is 3.77. The van der Waals surface area contributed by atoms with E-state index in [9.17, 15) is 23.2 Å². The molecule has 2 aromatic rings. The van der Waals surface area contributed by atoms with Crippen molar-refractivity contribution in [1.29, 1.82) is 0 Å². The smallest absolute Gasteiger partial charge is 0.261 e. The SMILES string of the molecule is O=C(CCN1C(=O)c2ccccc2C1=O)N1CCC(Oc2ccc(F)c(F)c2)CC1. The number of rotatable bonds is 5. The number of ether oxygens (including phenoxy) is 1. The quantitative estimate of drug-likeness (QED) is 0.706. The topological polar surface area (TPSA) is 66.9 Å². The van der Waals surface area contributed by atoms with Crippen LogP contribution < -0.4 is 4.74 Å². The Kier molecular flexibility index (Phi) is 5.48. The summed E-state index contributed by atoms with van der Waals surface area (Å²) in [7, 11) is 0. The molecule has 8 heteroatoms. The number of nitrogens with zero attached hydrogens (tertiary/aromatic N) is 2. The Morgan fingerprint density at radius 1 is 0.967 bits per heavy atom. The van der Waals surface area contributed by atoms with Crippen LogP contribution in [0.15, 0.2) is 42.5 Å². The van der Waals surface area contributed by atoms with E-state index in [1.165, 1.54) is 6.07 Å². The Bertz CT molecular complexity index is 967. The number of hydrogen-bond acceptors (Lipinski definition) is 4. The number of amides is 3. The summed E-state index contributed by atoms with van der Waals surface area (Å²) in [5, 5.41) is 0. The zero-order chi connectivity index (χ0) is 21.3. The summed E-state index contributed by atoms with van der Waals surface area (Å²) < 4.78 is 32.0. The van der Waals surface area contributed by atoms with E-state index >= 15 is 0 Å². The fraction of sp³-hybridized carbons (Fsp3) is 0.318. The van der Waals surface area contributed by atoms with Crippen LogP contribution in [0.4, 0.5) is 8.78 Å². The highest BCUT2D eigenvalue weighted by Gasteiger charge is 2.35. The van der Waals surface area contributed by atoms with E-state index in [1.807, 2.05) is 0 Å².